The predicted molar refractivity (Wildman–Crippen MR) is 100 cm³/mol. The molecule has 0 saturated carbocycles. The summed E-state index contributed by atoms with van der Waals surface area (Å²) in [7, 11) is 3.09. The number of halogens is 1. The molecule has 0 aliphatic carbocycles. The van der Waals surface area contributed by atoms with Gasteiger partial charge in [0.05, 0.1) is 5.69 Å². The Morgan fingerprint density at radius 3 is 2.44 bits per heavy atom. The quantitative estimate of drug-likeness (QED) is 0.777. The molecule has 25 heavy (non-hydrogen) atoms. The van der Waals surface area contributed by atoms with Crippen molar-refractivity contribution in [3.63, 3.8) is 0 Å². The summed E-state index contributed by atoms with van der Waals surface area (Å²) in [5, 5.41) is 4.45. The smallest absolute Gasteiger partial charge is 0.332 e. The minimum absolute atomic E-state index is 0.348. The lowest BCUT2D eigenvalue weighted by atomic mass is 10.1. The van der Waals surface area contributed by atoms with E-state index in [1.807, 2.05) is 31.2 Å². The van der Waals surface area contributed by atoms with Gasteiger partial charge in [0, 0.05) is 31.9 Å². The third-order valence-corrected chi connectivity index (χ3v) is 4.56. The second-order valence-corrected chi connectivity index (χ2v) is 6.33. The Balaban J connectivity index is 2.16. The number of aryl methyl sites for hydroxylation is 2. The van der Waals surface area contributed by atoms with Gasteiger partial charge in [0.2, 0.25) is 0 Å². The third-order valence-electron chi connectivity index (χ3n) is 4.31. The SMILES string of the molecule is CCc1cnc2c(c1NCc1ccc(Cl)cc1)c(=O)n(C)c(=O)n2C. The number of rotatable bonds is 4. The van der Waals surface area contributed by atoms with E-state index in [0.717, 1.165) is 27.8 Å². The number of fused-ring (bicyclic) bond motifs is 1. The number of benzene rings is 1. The largest absolute Gasteiger partial charge is 0.380 e. The minimum atomic E-state index is -0.391. The van der Waals surface area contributed by atoms with Crippen LogP contribution in [-0.2, 0) is 27.1 Å². The molecule has 0 aliphatic rings. The number of hydrogen-bond donors (Lipinski definition) is 1. The average molecular weight is 359 g/mol. The van der Waals surface area contributed by atoms with Crippen LogP contribution < -0.4 is 16.6 Å². The fourth-order valence-corrected chi connectivity index (χ4v) is 2.96. The van der Waals surface area contributed by atoms with Crippen molar-refractivity contribution in [2.24, 2.45) is 14.1 Å². The zero-order valence-corrected chi connectivity index (χ0v) is 15.1. The van der Waals surface area contributed by atoms with Crippen molar-refractivity contribution >= 4 is 28.3 Å². The van der Waals surface area contributed by atoms with Crippen LogP contribution in [0.1, 0.15) is 18.1 Å². The molecule has 0 amide bonds. The Labute approximate surface area is 149 Å². The van der Waals surface area contributed by atoms with Crippen molar-refractivity contribution in [1.29, 1.82) is 0 Å². The molecule has 0 bridgehead atoms. The van der Waals surface area contributed by atoms with E-state index in [4.69, 9.17) is 11.6 Å². The normalized spacial score (nSPS) is 11.0. The Morgan fingerprint density at radius 1 is 1.12 bits per heavy atom. The van der Waals surface area contributed by atoms with Crippen LogP contribution in [0.15, 0.2) is 40.1 Å². The molecule has 1 aromatic carbocycles. The fourth-order valence-electron chi connectivity index (χ4n) is 2.83. The van der Waals surface area contributed by atoms with Crippen LogP contribution in [-0.4, -0.2) is 14.1 Å². The van der Waals surface area contributed by atoms with Gasteiger partial charge in [0.1, 0.15) is 5.39 Å². The third kappa shape index (κ3) is 3.05. The standard InChI is InChI=1S/C18H19ClN4O2/c1-4-12-10-21-16-14(17(24)23(3)18(25)22(16)2)15(12)20-9-11-5-7-13(19)8-6-11/h5-8,10H,4,9H2,1-3H3,(H,20,21). The highest BCUT2D eigenvalue weighted by Gasteiger charge is 2.16. The predicted octanol–water partition coefficient (Wildman–Crippen LogP) is 2.46. The summed E-state index contributed by atoms with van der Waals surface area (Å²) in [6.07, 6.45) is 2.43. The molecule has 2 heterocycles. The van der Waals surface area contributed by atoms with E-state index in [1.54, 1.807) is 13.2 Å². The lowest BCUT2D eigenvalue weighted by Crippen LogP contribution is -2.37. The molecule has 0 atom stereocenters. The monoisotopic (exact) mass is 358 g/mol. The Bertz CT molecular complexity index is 1050. The zero-order chi connectivity index (χ0) is 18.1. The van der Waals surface area contributed by atoms with Crippen LogP contribution in [0, 0.1) is 0 Å². The van der Waals surface area contributed by atoms with E-state index in [-0.39, 0.29) is 5.56 Å². The molecular formula is C18H19ClN4O2. The van der Waals surface area contributed by atoms with Crippen molar-refractivity contribution in [2.75, 3.05) is 5.32 Å². The highest BCUT2D eigenvalue weighted by atomic mass is 35.5. The van der Waals surface area contributed by atoms with Gasteiger partial charge >= 0.3 is 5.69 Å². The molecule has 0 fully saturated rings. The number of hydrogen-bond acceptors (Lipinski definition) is 4. The van der Waals surface area contributed by atoms with E-state index in [2.05, 4.69) is 10.3 Å². The molecule has 6 nitrogen and oxygen atoms in total. The average Bonchev–Trinajstić information content (AvgIpc) is 2.63. The maximum Gasteiger partial charge on any atom is 0.332 e. The highest BCUT2D eigenvalue weighted by molar-refractivity contribution is 6.30. The Kier molecular flexibility index (Phi) is 4.63. The van der Waals surface area contributed by atoms with Crippen molar-refractivity contribution in [1.82, 2.24) is 14.1 Å². The first kappa shape index (κ1) is 17.2. The number of pyridine rings is 1. The van der Waals surface area contributed by atoms with Crippen LogP contribution in [0.5, 0.6) is 0 Å². The number of anilines is 1. The molecule has 1 N–H and O–H groups in total. The van der Waals surface area contributed by atoms with E-state index < -0.39 is 5.69 Å². The molecule has 130 valence electrons. The molecule has 0 aliphatic heterocycles. The number of nitrogens with zero attached hydrogens (tertiary/aromatic N) is 3. The van der Waals surface area contributed by atoms with E-state index in [0.29, 0.717) is 22.6 Å². The Morgan fingerprint density at radius 2 is 1.80 bits per heavy atom. The summed E-state index contributed by atoms with van der Waals surface area (Å²) in [5.41, 5.74) is 2.33. The molecule has 3 aromatic rings. The molecule has 0 spiro atoms. The minimum Gasteiger partial charge on any atom is -0.380 e. The molecule has 0 unspecified atom stereocenters. The van der Waals surface area contributed by atoms with Crippen LogP contribution in [0.4, 0.5) is 5.69 Å². The first-order valence-electron chi connectivity index (χ1n) is 8.00. The van der Waals surface area contributed by atoms with Gasteiger partial charge in [-0.25, -0.2) is 9.78 Å². The highest BCUT2D eigenvalue weighted by Crippen LogP contribution is 2.24. The van der Waals surface area contributed by atoms with Gasteiger partial charge in [-0.05, 0) is 29.7 Å². The molecule has 0 saturated heterocycles. The second kappa shape index (κ2) is 6.72. The van der Waals surface area contributed by atoms with Gasteiger partial charge < -0.3 is 5.32 Å². The van der Waals surface area contributed by atoms with Crippen molar-refractivity contribution in [2.45, 2.75) is 19.9 Å². The lowest BCUT2D eigenvalue weighted by Gasteiger charge is -2.15. The first-order valence-corrected chi connectivity index (χ1v) is 8.37. The summed E-state index contributed by atoms with van der Waals surface area (Å²) in [6.45, 7) is 2.54. The molecule has 2 aromatic heterocycles. The molecule has 3 rings (SSSR count). The van der Waals surface area contributed by atoms with Gasteiger partial charge in [-0.3, -0.25) is 13.9 Å². The summed E-state index contributed by atoms with van der Waals surface area (Å²) in [5.74, 6) is 0. The maximum absolute atomic E-state index is 12.7. The van der Waals surface area contributed by atoms with Gasteiger partial charge in [-0.2, -0.15) is 0 Å². The fraction of sp³-hybridized carbons (Fsp3) is 0.278. The van der Waals surface area contributed by atoms with Gasteiger partial charge in [0.15, 0.2) is 5.65 Å². The lowest BCUT2D eigenvalue weighted by molar-refractivity contribution is 0.707. The van der Waals surface area contributed by atoms with Crippen molar-refractivity contribution < 1.29 is 0 Å². The summed E-state index contributed by atoms with van der Waals surface area (Å²) in [4.78, 5) is 29.2. The van der Waals surface area contributed by atoms with E-state index >= 15 is 0 Å². The van der Waals surface area contributed by atoms with Crippen molar-refractivity contribution in [3.05, 3.63) is 67.4 Å². The zero-order valence-electron chi connectivity index (χ0n) is 14.3. The summed E-state index contributed by atoms with van der Waals surface area (Å²) in [6, 6.07) is 7.51. The second-order valence-electron chi connectivity index (χ2n) is 5.90. The van der Waals surface area contributed by atoms with Crippen molar-refractivity contribution in [3.8, 4) is 0 Å². The topological polar surface area (TPSA) is 68.9 Å². The summed E-state index contributed by atoms with van der Waals surface area (Å²) < 4.78 is 2.50. The maximum atomic E-state index is 12.7. The summed E-state index contributed by atoms with van der Waals surface area (Å²) >= 11 is 5.92. The Hall–Kier alpha value is -2.60. The van der Waals surface area contributed by atoms with Crippen LogP contribution >= 0.6 is 11.6 Å². The molecule has 7 heteroatoms. The van der Waals surface area contributed by atoms with Crippen LogP contribution in [0.25, 0.3) is 11.0 Å². The van der Waals surface area contributed by atoms with Crippen LogP contribution in [0.3, 0.4) is 0 Å². The van der Waals surface area contributed by atoms with E-state index in [9.17, 15) is 9.59 Å². The van der Waals surface area contributed by atoms with Gasteiger partial charge in [-0.1, -0.05) is 30.7 Å². The van der Waals surface area contributed by atoms with Gasteiger partial charge in [0.25, 0.3) is 5.56 Å². The molecular weight excluding hydrogens is 340 g/mol. The number of aromatic nitrogens is 3. The number of nitrogens with one attached hydrogen (secondary N) is 1. The first-order chi connectivity index (χ1) is 11.9. The van der Waals surface area contributed by atoms with Crippen LogP contribution in [0.2, 0.25) is 5.02 Å². The van der Waals surface area contributed by atoms with E-state index in [1.165, 1.54) is 11.6 Å². The molecule has 0 radical (unpaired) electrons. The van der Waals surface area contributed by atoms with Gasteiger partial charge in [-0.15, -0.1) is 0 Å².